The fourth-order valence-electron chi connectivity index (χ4n) is 2.02. The molecule has 0 aromatic heterocycles. The summed E-state index contributed by atoms with van der Waals surface area (Å²) in [4.78, 5) is 23.5. The van der Waals surface area contributed by atoms with Crippen LogP contribution < -0.4 is 10.1 Å². The minimum absolute atomic E-state index is 0.285. The van der Waals surface area contributed by atoms with Gasteiger partial charge in [0, 0.05) is 11.6 Å². The van der Waals surface area contributed by atoms with Gasteiger partial charge in [-0.1, -0.05) is 37.6 Å². The predicted octanol–water partition coefficient (Wildman–Crippen LogP) is 3.85. The number of hydrogen-bond acceptors (Lipinski definition) is 4. The Morgan fingerprint density at radius 2 is 1.69 bits per heavy atom. The van der Waals surface area contributed by atoms with Crippen LogP contribution in [0.2, 0.25) is 5.02 Å². The molecule has 0 atom stereocenters. The molecule has 6 heteroatoms. The quantitative estimate of drug-likeness (QED) is 0.712. The van der Waals surface area contributed by atoms with Crippen LogP contribution in [0.3, 0.4) is 0 Å². The van der Waals surface area contributed by atoms with Crippen molar-refractivity contribution < 1.29 is 19.1 Å². The number of hydrogen-bond donors (Lipinski definition) is 1. The molecule has 2 aromatic rings. The van der Waals surface area contributed by atoms with E-state index in [0.29, 0.717) is 35.4 Å². The number of ether oxygens (including phenoxy) is 2. The third-order valence-electron chi connectivity index (χ3n) is 3.45. The summed E-state index contributed by atoms with van der Waals surface area (Å²) in [7, 11) is 0. The van der Waals surface area contributed by atoms with E-state index in [0.717, 1.165) is 5.56 Å². The lowest BCUT2D eigenvalue weighted by atomic mass is 10.1. The zero-order valence-electron chi connectivity index (χ0n) is 14.8. The van der Waals surface area contributed by atoms with E-state index >= 15 is 0 Å². The molecule has 0 heterocycles. The molecule has 0 fully saturated rings. The van der Waals surface area contributed by atoms with E-state index < -0.39 is 5.97 Å². The first kappa shape index (κ1) is 19.8. The van der Waals surface area contributed by atoms with E-state index in [1.54, 1.807) is 48.5 Å². The van der Waals surface area contributed by atoms with E-state index in [1.807, 2.05) is 13.8 Å². The molecule has 1 N–H and O–H groups in total. The normalized spacial score (nSPS) is 10.5. The van der Waals surface area contributed by atoms with Crippen LogP contribution in [0.4, 0.5) is 0 Å². The largest absolute Gasteiger partial charge is 0.489 e. The van der Waals surface area contributed by atoms with E-state index in [-0.39, 0.29) is 12.5 Å². The number of benzene rings is 2. The zero-order valence-corrected chi connectivity index (χ0v) is 15.6. The minimum atomic E-state index is -0.533. The number of esters is 1. The maximum atomic E-state index is 12.0. The molecule has 1 amide bonds. The van der Waals surface area contributed by atoms with Gasteiger partial charge in [0.15, 0.2) is 6.61 Å². The first-order valence-electron chi connectivity index (χ1n) is 8.35. The number of nitrogens with one attached hydrogen (secondary N) is 1. The second kappa shape index (κ2) is 9.82. The van der Waals surface area contributed by atoms with Gasteiger partial charge in [-0.15, -0.1) is 0 Å². The number of carbonyl (C=O) groups excluding carboxylic acids is 2. The molecule has 0 bridgehead atoms. The Kier molecular flexibility index (Phi) is 7.48. The third kappa shape index (κ3) is 6.76. The molecule has 0 saturated carbocycles. The van der Waals surface area contributed by atoms with E-state index in [1.165, 1.54) is 0 Å². The Morgan fingerprint density at radius 3 is 2.31 bits per heavy atom. The van der Waals surface area contributed by atoms with Crippen LogP contribution >= 0.6 is 11.6 Å². The lowest BCUT2D eigenvalue weighted by Gasteiger charge is -2.09. The van der Waals surface area contributed by atoms with Gasteiger partial charge >= 0.3 is 5.97 Å². The van der Waals surface area contributed by atoms with Crippen LogP contribution in [0.25, 0.3) is 0 Å². The minimum Gasteiger partial charge on any atom is -0.489 e. The Morgan fingerprint density at radius 1 is 1.04 bits per heavy atom. The van der Waals surface area contributed by atoms with Crippen molar-refractivity contribution in [1.82, 2.24) is 5.32 Å². The van der Waals surface area contributed by atoms with E-state index in [2.05, 4.69) is 5.32 Å². The molecule has 0 aliphatic heterocycles. The summed E-state index contributed by atoms with van der Waals surface area (Å²) in [5.41, 5.74) is 1.29. The average Bonchev–Trinajstić information content (AvgIpc) is 2.64. The summed E-state index contributed by atoms with van der Waals surface area (Å²) >= 11 is 5.83. The predicted molar refractivity (Wildman–Crippen MR) is 100 cm³/mol. The van der Waals surface area contributed by atoms with Crippen molar-refractivity contribution in [3.05, 3.63) is 64.7 Å². The van der Waals surface area contributed by atoms with Gasteiger partial charge in [-0.2, -0.15) is 0 Å². The van der Waals surface area contributed by atoms with Gasteiger partial charge in [-0.25, -0.2) is 4.79 Å². The van der Waals surface area contributed by atoms with Crippen LogP contribution in [-0.4, -0.2) is 25.0 Å². The molecule has 2 rings (SSSR count). The fourth-order valence-corrected chi connectivity index (χ4v) is 2.14. The van der Waals surface area contributed by atoms with Crippen molar-refractivity contribution in [1.29, 1.82) is 0 Å². The maximum absolute atomic E-state index is 12.0. The Hall–Kier alpha value is -2.53. The number of amides is 1. The van der Waals surface area contributed by atoms with E-state index in [9.17, 15) is 9.59 Å². The molecule has 0 saturated heterocycles. The van der Waals surface area contributed by atoms with Gasteiger partial charge in [-0.3, -0.25) is 4.79 Å². The summed E-state index contributed by atoms with van der Waals surface area (Å²) < 4.78 is 10.7. The summed E-state index contributed by atoms with van der Waals surface area (Å²) in [5, 5.41) is 3.34. The molecule has 0 radical (unpaired) electrons. The van der Waals surface area contributed by atoms with Gasteiger partial charge in [0.2, 0.25) is 0 Å². The molecule has 5 nitrogen and oxygen atoms in total. The Bertz CT molecular complexity index is 726. The zero-order chi connectivity index (χ0) is 18.9. The van der Waals surface area contributed by atoms with Crippen LogP contribution in [0.5, 0.6) is 5.75 Å². The van der Waals surface area contributed by atoms with Crippen molar-refractivity contribution in [2.45, 2.75) is 20.5 Å². The first-order valence-corrected chi connectivity index (χ1v) is 8.73. The number of halogens is 1. The number of rotatable bonds is 8. The van der Waals surface area contributed by atoms with Crippen LogP contribution in [0.1, 0.15) is 29.8 Å². The summed E-state index contributed by atoms with van der Waals surface area (Å²) in [5.74, 6) is 0.220. The first-order chi connectivity index (χ1) is 12.4. The molecule has 0 aliphatic rings. The summed E-state index contributed by atoms with van der Waals surface area (Å²) in [6.45, 7) is 4.62. The maximum Gasteiger partial charge on any atom is 0.338 e. The summed E-state index contributed by atoms with van der Waals surface area (Å²) in [6, 6.07) is 14.0. The lowest BCUT2D eigenvalue weighted by Crippen LogP contribution is -2.31. The van der Waals surface area contributed by atoms with Crippen molar-refractivity contribution >= 4 is 23.5 Å². The van der Waals surface area contributed by atoms with Crippen LogP contribution in [0, 0.1) is 5.92 Å². The molecule has 0 spiro atoms. The monoisotopic (exact) mass is 375 g/mol. The van der Waals surface area contributed by atoms with Crippen molar-refractivity contribution in [3.8, 4) is 5.75 Å². The molecule has 138 valence electrons. The smallest absolute Gasteiger partial charge is 0.338 e. The highest BCUT2D eigenvalue weighted by molar-refractivity contribution is 6.30. The van der Waals surface area contributed by atoms with Gasteiger partial charge in [0.25, 0.3) is 5.91 Å². The van der Waals surface area contributed by atoms with Crippen molar-refractivity contribution in [3.63, 3.8) is 0 Å². The number of carbonyl (C=O) groups is 2. The van der Waals surface area contributed by atoms with E-state index in [4.69, 9.17) is 21.1 Å². The Balaban J connectivity index is 1.79. The SMILES string of the molecule is CC(C)CNC(=O)COC(=O)c1ccc(COc2ccc(Cl)cc2)cc1. The molecular weight excluding hydrogens is 354 g/mol. The fraction of sp³-hybridized carbons (Fsp3) is 0.300. The molecule has 0 aliphatic carbocycles. The second-order valence-corrected chi connectivity index (χ2v) is 6.65. The van der Waals surface area contributed by atoms with Crippen molar-refractivity contribution in [2.75, 3.05) is 13.2 Å². The topological polar surface area (TPSA) is 64.6 Å². The molecule has 2 aromatic carbocycles. The molecule has 0 unspecified atom stereocenters. The van der Waals surface area contributed by atoms with Crippen LogP contribution in [-0.2, 0) is 16.1 Å². The highest BCUT2D eigenvalue weighted by Crippen LogP contribution is 2.17. The highest BCUT2D eigenvalue weighted by Gasteiger charge is 2.10. The molecule has 26 heavy (non-hydrogen) atoms. The molecular formula is C20H22ClNO4. The highest BCUT2D eigenvalue weighted by atomic mass is 35.5. The summed E-state index contributed by atoms with van der Waals surface area (Å²) in [6.07, 6.45) is 0. The van der Waals surface area contributed by atoms with Crippen LogP contribution in [0.15, 0.2) is 48.5 Å². The average molecular weight is 376 g/mol. The van der Waals surface area contributed by atoms with Gasteiger partial charge in [0.1, 0.15) is 12.4 Å². The van der Waals surface area contributed by atoms with Gasteiger partial charge < -0.3 is 14.8 Å². The van der Waals surface area contributed by atoms with Gasteiger partial charge in [-0.05, 0) is 47.9 Å². The lowest BCUT2D eigenvalue weighted by molar-refractivity contribution is -0.124. The third-order valence-corrected chi connectivity index (χ3v) is 3.70. The second-order valence-electron chi connectivity index (χ2n) is 6.21. The van der Waals surface area contributed by atoms with Gasteiger partial charge in [0.05, 0.1) is 5.56 Å². The Labute approximate surface area is 158 Å². The standard InChI is InChI=1S/C20H22ClNO4/c1-14(2)11-22-19(23)13-26-20(24)16-5-3-15(4-6-16)12-25-18-9-7-17(21)8-10-18/h3-10,14H,11-13H2,1-2H3,(H,22,23). The van der Waals surface area contributed by atoms with Crippen molar-refractivity contribution in [2.24, 2.45) is 5.92 Å².